The lowest BCUT2D eigenvalue weighted by molar-refractivity contribution is 0.467. The van der Waals surface area contributed by atoms with Gasteiger partial charge in [-0.25, -0.2) is 0 Å². The molecule has 5 nitrogen and oxygen atoms in total. The lowest BCUT2D eigenvalue weighted by Gasteiger charge is -2.22. The number of rotatable bonds is 3. The monoisotopic (exact) mass is 221 g/mol. The summed E-state index contributed by atoms with van der Waals surface area (Å²) in [6.07, 6.45) is 1.75. The molecule has 1 fully saturated rings. The van der Waals surface area contributed by atoms with E-state index in [0.29, 0.717) is 0 Å². The van der Waals surface area contributed by atoms with Gasteiger partial charge in [-0.3, -0.25) is 0 Å². The second-order valence-electron chi connectivity index (χ2n) is 4.62. The molecule has 14 heavy (non-hydrogen) atoms. The van der Waals surface area contributed by atoms with E-state index in [0.717, 1.165) is 19.4 Å². The smallest absolute Gasteiger partial charge is 0.278 e. The molecule has 1 saturated heterocycles. The van der Waals surface area contributed by atoms with Crippen LogP contribution in [0.1, 0.15) is 33.6 Å². The minimum Gasteiger partial charge on any atom is -0.301 e. The van der Waals surface area contributed by atoms with Gasteiger partial charge in [0.1, 0.15) is 0 Å². The summed E-state index contributed by atoms with van der Waals surface area (Å²) in [5.41, 5.74) is -0.440. The van der Waals surface area contributed by atoms with Gasteiger partial charge in [0.25, 0.3) is 10.2 Å². The van der Waals surface area contributed by atoms with Crippen LogP contribution in [-0.4, -0.2) is 26.7 Å². The van der Waals surface area contributed by atoms with Crippen molar-refractivity contribution in [3.8, 4) is 0 Å². The van der Waals surface area contributed by atoms with Crippen LogP contribution in [0.5, 0.6) is 0 Å². The van der Waals surface area contributed by atoms with Gasteiger partial charge in [0, 0.05) is 5.54 Å². The molecule has 6 heteroatoms. The van der Waals surface area contributed by atoms with Crippen molar-refractivity contribution in [3.63, 3.8) is 0 Å². The molecule has 1 unspecified atom stereocenters. The molecule has 0 spiro atoms. The molecular weight excluding hydrogens is 202 g/mol. The van der Waals surface area contributed by atoms with Crippen LogP contribution in [0.15, 0.2) is 0 Å². The minimum absolute atomic E-state index is 0.116. The zero-order valence-electron chi connectivity index (χ0n) is 8.92. The van der Waals surface area contributed by atoms with E-state index in [1.54, 1.807) is 0 Å². The van der Waals surface area contributed by atoms with Gasteiger partial charge in [-0.1, -0.05) is 0 Å². The van der Waals surface area contributed by atoms with Crippen LogP contribution in [0, 0.1) is 0 Å². The van der Waals surface area contributed by atoms with E-state index in [9.17, 15) is 8.42 Å². The highest BCUT2D eigenvalue weighted by atomic mass is 32.2. The van der Waals surface area contributed by atoms with Crippen molar-refractivity contribution >= 4 is 10.2 Å². The van der Waals surface area contributed by atoms with E-state index in [1.165, 1.54) is 0 Å². The zero-order valence-corrected chi connectivity index (χ0v) is 9.74. The molecule has 1 heterocycles. The first kappa shape index (κ1) is 11.9. The van der Waals surface area contributed by atoms with Crippen molar-refractivity contribution in [1.29, 1.82) is 0 Å². The molecule has 84 valence electrons. The average molecular weight is 221 g/mol. The van der Waals surface area contributed by atoms with E-state index >= 15 is 0 Å². The quantitative estimate of drug-likeness (QED) is 0.624. The van der Waals surface area contributed by atoms with Gasteiger partial charge in [0.15, 0.2) is 0 Å². The van der Waals surface area contributed by atoms with Gasteiger partial charge in [0.2, 0.25) is 0 Å². The molecule has 0 aromatic rings. The molecule has 0 aromatic heterocycles. The lowest BCUT2D eigenvalue weighted by Crippen LogP contribution is -2.52. The van der Waals surface area contributed by atoms with Crippen molar-refractivity contribution < 1.29 is 8.42 Å². The van der Waals surface area contributed by atoms with Gasteiger partial charge in [-0.15, -0.1) is 0 Å². The molecule has 0 bridgehead atoms. The highest BCUT2D eigenvalue weighted by Gasteiger charge is 2.24. The van der Waals surface area contributed by atoms with Crippen LogP contribution >= 0.6 is 0 Å². The fourth-order valence-electron chi connectivity index (χ4n) is 1.40. The Labute approximate surface area is 85.8 Å². The van der Waals surface area contributed by atoms with E-state index < -0.39 is 15.7 Å². The third kappa shape index (κ3) is 4.36. The molecule has 0 aliphatic carbocycles. The first-order chi connectivity index (χ1) is 6.29. The molecule has 1 atom stereocenters. The summed E-state index contributed by atoms with van der Waals surface area (Å²) in [7, 11) is -3.39. The molecule has 0 aromatic carbocycles. The highest BCUT2D eigenvalue weighted by molar-refractivity contribution is 7.87. The van der Waals surface area contributed by atoms with Crippen LogP contribution in [0.2, 0.25) is 0 Å². The predicted molar refractivity (Wildman–Crippen MR) is 56.0 cm³/mol. The molecule has 3 N–H and O–H groups in total. The van der Waals surface area contributed by atoms with Crippen molar-refractivity contribution in [2.45, 2.75) is 45.3 Å². The lowest BCUT2D eigenvalue weighted by atomic mass is 10.1. The predicted octanol–water partition coefficient (Wildman–Crippen LogP) is -0.0816. The summed E-state index contributed by atoms with van der Waals surface area (Å²) in [4.78, 5) is 0. The van der Waals surface area contributed by atoms with Crippen molar-refractivity contribution in [2.24, 2.45) is 0 Å². The Morgan fingerprint density at radius 1 is 1.36 bits per heavy atom. The van der Waals surface area contributed by atoms with E-state index in [2.05, 4.69) is 14.8 Å². The molecule has 1 rings (SSSR count). The maximum Gasteiger partial charge on any atom is 0.278 e. The summed E-state index contributed by atoms with van der Waals surface area (Å²) >= 11 is 0. The second kappa shape index (κ2) is 4.14. The van der Waals surface area contributed by atoms with Crippen LogP contribution in [0.25, 0.3) is 0 Å². The number of hydrogen-bond acceptors (Lipinski definition) is 3. The van der Waals surface area contributed by atoms with Crippen molar-refractivity contribution in [1.82, 2.24) is 14.8 Å². The maximum atomic E-state index is 11.5. The Hall–Kier alpha value is -0.170. The number of nitrogens with one attached hydrogen (secondary N) is 3. The molecule has 0 saturated carbocycles. The first-order valence-corrected chi connectivity index (χ1v) is 6.31. The molecular formula is C8H19N3O2S. The third-order valence-corrected chi connectivity index (χ3v) is 3.27. The minimum atomic E-state index is -3.39. The van der Waals surface area contributed by atoms with Gasteiger partial charge >= 0.3 is 0 Å². The van der Waals surface area contributed by atoms with Gasteiger partial charge in [0.05, 0.1) is 6.17 Å². The zero-order chi connectivity index (χ0) is 10.8. The normalized spacial score (nSPS) is 24.1. The Morgan fingerprint density at radius 3 is 2.43 bits per heavy atom. The Morgan fingerprint density at radius 2 is 2.00 bits per heavy atom. The SMILES string of the molecule is CC(C)(C)NS(=O)(=O)NC1CCCN1. The molecule has 0 amide bonds. The summed E-state index contributed by atoms with van der Waals surface area (Å²) in [5, 5.41) is 3.07. The van der Waals surface area contributed by atoms with Gasteiger partial charge in [-0.05, 0) is 40.2 Å². The fraction of sp³-hybridized carbons (Fsp3) is 1.00. The summed E-state index contributed by atoms with van der Waals surface area (Å²) in [6, 6.07) is 0. The van der Waals surface area contributed by atoms with E-state index in [4.69, 9.17) is 0 Å². The standard InChI is InChI=1S/C8H19N3O2S/c1-8(2,3)11-14(12,13)10-7-5-4-6-9-7/h7,9-11H,4-6H2,1-3H3. The van der Waals surface area contributed by atoms with Crippen LogP contribution in [0.4, 0.5) is 0 Å². The highest BCUT2D eigenvalue weighted by Crippen LogP contribution is 2.05. The van der Waals surface area contributed by atoms with Gasteiger partial charge < -0.3 is 5.32 Å². The Balaban J connectivity index is 2.49. The van der Waals surface area contributed by atoms with E-state index in [1.807, 2.05) is 20.8 Å². The Bertz CT molecular complexity index is 275. The van der Waals surface area contributed by atoms with Crippen LogP contribution in [-0.2, 0) is 10.2 Å². The Kier molecular flexibility index (Phi) is 3.52. The van der Waals surface area contributed by atoms with Gasteiger partial charge in [-0.2, -0.15) is 17.9 Å². The van der Waals surface area contributed by atoms with E-state index in [-0.39, 0.29) is 6.17 Å². The summed E-state index contributed by atoms with van der Waals surface area (Å²) in [6.45, 7) is 6.32. The van der Waals surface area contributed by atoms with Crippen molar-refractivity contribution in [3.05, 3.63) is 0 Å². The maximum absolute atomic E-state index is 11.5. The molecule has 1 aliphatic heterocycles. The second-order valence-corrected chi connectivity index (χ2v) is 6.07. The summed E-state index contributed by atoms with van der Waals surface area (Å²) < 4.78 is 28.2. The number of hydrogen-bond donors (Lipinski definition) is 3. The first-order valence-electron chi connectivity index (χ1n) is 4.83. The van der Waals surface area contributed by atoms with Crippen LogP contribution in [0.3, 0.4) is 0 Å². The summed E-state index contributed by atoms with van der Waals surface area (Å²) in [5.74, 6) is 0. The fourth-order valence-corrected chi connectivity index (χ4v) is 2.85. The molecule has 1 aliphatic rings. The third-order valence-electron chi connectivity index (χ3n) is 1.80. The average Bonchev–Trinajstić information content (AvgIpc) is 2.31. The van der Waals surface area contributed by atoms with Crippen molar-refractivity contribution in [2.75, 3.05) is 6.54 Å². The molecule has 0 radical (unpaired) electrons. The van der Waals surface area contributed by atoms with Crippen LogP contribution < -0.4 is 14.8 Å². The topological polar surface area (TPSA) is 70.2 Å². The largest absolute Gasteiger partial charge is 0.301 e.